The summed E-state index contributed by atoms with van der Waals surface area (Å²) in [7, 11) is 0. The zero-order valence-corrected chi connectivity index (χ0v) is 18.8. The van der Waals surface area contributed by atoms with E-state index in [9.17, 15) is 18.0 Å². The summed E-state index contributed by atoms with van der Waals surface area (Å²) in [6, 6.07) is 12.9. The number of nitrogens with one attached hydrogen (secondary N) is 1. The van der Waals surface area contributed by atoms with E-state index in [4.69, 9.17) is 0 Å². The molecule has 4 rings (SSSR count). The number of halogens is 3. The lowest BCUT2D eigenvalue weighted by atomic mass is 10.1. The zero-order chi connectivity index (χ0) is 22.9. The molecule has 1 amide bonds. The first-order valence-corrected chi connectivity index (χ1v) is 11.6. The number of carbonyl (C=O) groups is 1. The third-order valence-electron chi connectivity index (χ3n) is 4.74. The lowest BCUT2D eigenvalue weighted by Gasteiger charge is -2.14. The van der Waals surface area contributed by atoms with Crippen LogP contribution in [0.1, 0.15) is 25.5 Å². The van der Waals surface area contributed by atoms with E-state index in [-0.39, 0.29) is 17.5 Å². The molecule has 0 saturated carbocycles. The van der Waals surface area contributed by atoms with Crippen LogP contribution in [-0.4, -0.2) is 26.4 Å². The van der Waals surface area contributed by atoms with Crippen molar-refractivity contribution in [2.24, 2.45) is 0 Å². The summed E-state index contributed by atoms with van der Waals surface area (Å²) in [5.41, 5.74) is -0.182. The normalized spacial score (nSPS) is 11.9. The molecule has 0 bridgehead atoms. The van der Waals surface area contributed by atoms with Gasteiger partial charge in [0.05, 0.1) is 17.0 Å². The quantitative estimate of drug-likeness (QED) is 0.323. The van der Waals surface area contributed by atoms with E-state index in [1.807, 2.05) is 48.1 Å². The van der Waals surface area contributed by atoms with E-state index in [2.05, 4.69) is 15.5 Å². The maximum Gasteiger partial charge on any atom is 0.418 e. The van der Waals surface area contributed by atoms with Crippen molar-refractivity contribution in [3.8, 4) is 11.4 Å². The van der Waals surface area contributed by atoms with E-state index in [0.29, 0.717) is 11.0 Å². The Kier molecular flexibility index (Phi) is 6.25. The summed E-state index contributed by atoms with van der Waals surface area (Å²) in [5, 5.41) is 14.6. The van der Waals surface area contributed by atoms with E-state index < -0.39 is 17.6 Å². The smallest absolute Gasteiger partial charge is 0.325 e. The van der Waals surface area contributed by atoms with Gasteiger partial charge in [-0.25, -0.2) is 0 Å². The van der Waals surface area contributed by atoms with Crippen molar-refractivity contribution in [1.82, 2.24) is 14.8 Å². The standard InChI is InChI=1S/C22H19F3N4OS2/c1-13(2)29-20(15-11-31-18-10-6-3-7-14(15)18)27-28-21(29)32-12-19(30)26-17-9-5-4-8-16(17)22(23,24)25/h3-11,13H,12H2,1-2H3,(H,26,30). The monoisotopic (exact) mass is 476 g/mol. The average Bonchev–Trinajstić information content (AvgIpc) is 3.35. The molecule has 2 heterocycles. The number of hydrogen-bond donors (Lipinski definition) is 1. The Morgan fingerprint density at radius 1 is 1.12 bits per heavy atom. The molecule has 0 aliphatic carbocycles. The highest BCUT2D eigenvalue weighted by Crippen LogP contribution is 2.37. The predicted molar refractivity (Wildman–Crippen MR) is 122 cm³/mol. The second-order valence-corrected chi connectivity index (χ2v) is 9.15. The molecule has 0 aliphatic rings. The molecule has 0 radical (unpaired) electrons. The number of hydrogen-bond acceptors (Lipinski definition) is 5. The summed E-state index contributed by atoms with van der Waals surface area (Å²) in [4.78, 5) is 12.4. The number of thioether (sulfide) groups is 1. The van der Waals surface area contributed by atoms with Crippen molar-refractivity contribution < 1.29 is 18.0 Å². The molecule has 4 aromatic rings. The lowest BCUT2D eigenvalue weighted by molar-refractivity contribution is -0.137. The molecule has 10 heteroatoms. The van der Waals surface area contributed by atoms with Crippen LogP contribution >= 0.6 is 23.1 Å². The first kappa shape index (κ1) is 22.3. The Labute approximate surface area is 190 Å². The minimum atomic E-state index is -4.55. The second kappa shape index (κ2) is 8.95. The van der Waals surface area contributed by atoms with Gasteiger partial charge in [0.1, 0.15) is 0 Å². The number of rotatable bonds is 6. The number of nitrogens with zero attached hydrogens (tertiary/aromatic N) is 3. The Hall–Kier alpha value is -2.85. The molecule has 0 unspecified atom stereocenters. The first-order chi connectivity index (χ1) is 15.3. The van der Waals surface area contributed by atoms with Crippen molar-refractivity contribution >= 4 is 44.8 Å². The fourth-order valence-electron chi connectivity index (χ4n) is 3.33. The molecule has 0 fully saturated rings. The fourth-order valence-corrected chi connectivity index (χ4v) is 5.14. The van der Waals surface area contributed by atoms with E-state index >= 15 is 0 Å². The molecule has 32 heavy (non-hydrogen) atoms. The number of thiophene rings is 1. The van der Waals surface area contributed by atoms with Crippen LogP contribution in [0.15, 0.2) is 59.1 Å². The van der Waals surface area contributed by atoms with Crippen LogP contribution in [0.3, 0.4) is 0 Å². The summed E-state index contributed by atoms with van der Waals surface area (Å²) < 4.78 is 42.6. The van der Waals surface area contributed by atoms with E-state index in [1.54, 1.807) is 11.3 Å². The van der Waals surface area contributed by atoms with Crippen molar-refractivity contribution in [3.63, 3.8) is 0 Å². The number of benzene rings is 2. The highest BCUT2D eigenvalue weighted by atomic mass is 32.2. The molecule has 0 spiro atoms. The highest BCUT2D eigenvalue weighted by molar-refractivity contribution is 7.99. The third-order valence-corrected chi connectivity index (χ3v) is 6.65. The average molecular weight is 477 g/mol. The SMILES string of the molecule is CC(C)n1c(SCC(=O)Nc2ccccc2C(F)(F)F)nnc1-c1csc2ccccc12. The molecule has 2 aromatic heterocycles. The number of carbonyl (C=O) groups excluding carboxylic acids is 1. The van der Waals surface area contributed by atoms with Crippen LogP contribution in [-0.2, 0) is 11.0 Å². The minimum absolute atomic E-state index is 0.0233. The van der Waals surface area contributed by atoms with Crippen molar-refractivity contribution in [1.29, 1.82) is 0 Å². The Bertz CT molecular complexity index is 1260. The predicted octanol–water partition coefficient (Wildman–Crippen LogP) is 6.49. The molecule has 5 nitrogen and oxygen atoms in total. The molecule has 0 saturated heterocycles. The van der Waals surface area contributed by atoms with Crippen LogP contribution in [0, 0.1) is 0 Å². The number of amides is 1. The fraction of sp³-hybridized carbons (Fsp3) is 0.227. The summed E-state index contributed by atoms with van der Waals surface area (Å²) in [6.07, 6.45) is -4.55. The van der Waals surface area contributed by atoms with Crippen LogP contribution in [0.4, 0.5) is 18.9 Å². The molecular formula is C22H19F3N4OS2. The maximum absolute atomic E-state index is 13.2. The number of para-hydroxylation sites is 1. The zero-order valence-electron chi connectivity index (χ0n) is 17.2. The molecular weight excluding hydrogens is 457 g/mol. The minimum Gasteiger partial charge on any atom is -0.325 e. The Morgan fingerprint density at radius 2 is 1.84 bits per heavy atom. The van der Waals surface area contributed by atoms with Gasteiger partial charge in [0.15, 0.2) is 11.0 Å². The van der Waals surface area contributed by atoms with Gasteiger partial charge < -0.3 is 5.32 Å². The summed E-state index contributed by atoms with van der Waals surface area (Å²) >= 11 is 2.76. The van der Waals surface area contributed by atoms with Gasteiger partial charge in [-0.05, 0) is 32.0 Å². The lowest BCUT2D eigenvalue weighted by Crippen LogP contribution is -2.18. The number of anilines is 1. The Balaban J connectivity index is 1.54. The van der Waals surface area contributed by atoms with Gasteiger partial charge in [-0.3, -0.25) is 9.36 Å². The van der Waals surface area contributed by atoms with Crippen LogP contribution in [0.2, 0.25) is 0 Å². The third kappa shape index (κ3) is 4.51. The molecule has 1 N–H and O–H groups in total. The number of aromatic nitrogens is 3. The van der Waals surface area contributed by atoms with Gasteiger partial charge in [-0.2, -0.15) is 13.2 Å². The topological polar surface area (TPSA) is 59.8 Å². The summed E-state index contributed by atoms with van der Waals surface area (Å²) in [6.45, 7) is 3.98. The first-order valence-electron chi connectivity index (χ1n) is 9.76. The van der Waals surface area contributed by atoms with Gasteiger partial charge in [0.25, 0.3) is 0 Å². The van der Waals surface area contributed by atoms with Gasteiger partial charge >= 0.3 is 6.18 Å². The van der Waals surface area contributed by atoms with Gasteiger partial charge in [-0.1, -0.05) is 42.1 Å². The second-order valence-electron chi connectivity index (χ2n) is 7.30. The summed E-state index contributed by atoms with van der Waals surface area (Å²) in [5.74, 6) is 0.0526. The molecule has 0 atom stereocenters. The number of alkyl halides is 3. The van der Waals surface area contributed by atoms with Crippen LogP contribution < -0.4 is 5.32 Å². The van der Waals surface area contributed by atoms with E-state index in [1.165, 1.54) is 18.2 Å². The van der Waals surface area contributed by atoms with Crippen LogP contribution in [0.25, 0.3) is 21.5 Å². The van der Waals surface area contributed by atoms with E-state index in [0.717, 1.165) is 33.5 Å². The van der Waals surface area contributed by atoms with Crippen molar-refractivity contribution in [3.05, 3.63) is 59.5 Å². The van der Waals surface area contributed by atoms with Gasteiger partial charge in [0, 0.05) is 27.1 Å². The van der Waals surface area contributed by atoms with Crippen molar-refractivity contribution in [2.45, 2.75) is 31.2 Å². The highest BCUT2D eigenvalue weighted by Gasteiger charge is 2.33. The van der Waals surface area contributed by atoms with Crippen LogP contribution in [0.5, 0.6) is 0 Å². The molecule has 166 valence electrons. The van der Waals surface area contributed by atoms with Gasteiger partial charge in [-0.15, -0.1) is 21.5 Å². The van der Waals surface area contributed by atoms with Crippen molar-refractivity contribution in [2.75, 3.05) is 11.1 Å². The Morgan fingerprint density at radius 3 is 2.59 bits per heavy atom. The molecule has 0 aliphatic heterocycles. The van der Waals surface area contributed by atoms with Gasteiger partial charge in [0.2, 0.25) is 5.91 Å². The maximum atomic E-state index is 13.2. The largest absolute Gasteiger partial charge is 0.418 e. The number of fused-ring (bicyclic) bond motifs is 1. The molecule has 2 aromatic carbocycles.